The summed E-state index contributed by atoms with van der Waals surface area (Å²) >= 11 is 1.34. The number of hydrogen-bond acceptors (Lipinski definition) is 6. The summed E-state index contributed by atoms with van der Waals surface area (Å²) in [5.41, 5.74) is 0. The van der Waals surface area contributed by atoms with E-state index in [-0.39, 0.29) is 11.9 Å². The Hall–Kier alpha value is -1.15. The number of carbonyl (C=O) groups is 1. The van der Waals surface area contributed by atoms with E-state index in [1.54, 1.807) is 11.8 Å². The van der Waals surface area contributed by atoms with Crippen LogP contribution in [-0.4, -0.2) is 52.1 Å². The summed E-state index contributed by atoms with van der Waals surface area (Å²) < 4.78 is 6.60. The van der Waals surface area contributed by atoms with Gasteiger partial charge >= 0.3 is 0 Å². The molecule has 0 atom stereocenters. The number of nitrogens with zero attached hydrogens (tertiary/aromatic N) is 4. The second-order valence-electron chi connectivity index (χ2n) is 3.98. The molecule has 7 nitrogen and oxygen atoms in total. The molecule has 102 valence electrons. The van der Waals surface area contributed by atoms with Gasteiger partial charge in [0.05, 0.1) is 11.8 Å². The van der Waals surface area contributed by atoms with Gasteiger partial charge in [-0.25, -0.2) is 4.68 Å². The van der Waals surface area contributed by atoms with Crippen LogP contribution >= 0.6 is 11.8 Å². The van der Waals surface area contributed by atoms with Gasteiger partial charge in [0, 0.05) is 20.3 Å². The van der Waals surface area contributed by atoms with E-state index in [0.29, 0.717) is 24.1 Å². The van der Waals surface area contributed by atoms with Crippen LogP contribution in [0.15, 0.2) is 5.16 Å². The molecule has 0 aromatic carbocycles. The first-order valence-corrected chi connectivity index (χ1v) is 6.80. The zero-order valence-electron chi connectivity index (χ0n) is 10.9. The fraction of sp³-hybridized carbons (Fsp3) is 0.800. The maximum absolute atomic E-state index is 11.5. The summed E-state index contributed by atoms with van der Waals surface area (Å²) in [5, 5.41) is 14.8. The third-order valence-electron chi connectivity index (χ3n) is 2.13. The Morgan fingerprint density at radius 1 is 1.56 bits per heavy atom. The van der Waals surface area contributed by atoms with Crippen LogP contribution in [0.4, 0.5) is 0 Å². The minimum Gasteiger partial charge on any atom is -0.385 e. The van der Waals surface area contributed by atoms with Crippen molar-refractivity contribution in [2.24, 2.45) is 0 Å². The number of rotatable bonds is 8. The molecule has 1 amide bonds. The summed E-state index contributed by atoms with van der Waals surface area (Å²) in [6.45, 7) is 5.26. The maximum Gasteiger partial charge on any atom is 0.230 e. The third kappa shape index (κ3) is 5.01. The fourth-order valence-electron chi connectivity index (χ4n) is 1.23. The summed E-state index contributed by atoms with van der Waals surface area (Å²) in [6, 6.07) is 0.187. The summed E-state index contributed by atoms with van der Waals surface area (Å²) in [4.78, 5) is 11.5. The monoisotopic (exact) mass is 273 g/mol. The van der Waals surface area contributed by atoms with Crippen LogP contribution in [0, 0.1) is 0 Å². The van der Waals surface area contributed by atoms with Crippen molar-refractivity contribution in [2.45, 2.75) is 31.5 Å². The van der Waals surface area contributed by atoms with Crippen molar-refractivity contribution in [3.05, 3.63) is 0 Å². The Kier molecular flexibility index (Phi) is 6.66. The molecule has 0 saturated heterocycles. The van der Waals surface area contributed by atoms with E-state index in [2.05, 4.69) is 20.8 Å². The second-order valence-corrected chi connectivity index (χ2v) is 4.93. The van der Waals surface area contributed by atoms with E-state index >= 15 is 0 Å². The summed E-state index contributed by atoms with van der Waals surface area (Å²) in [7, 11) is 1.64. The normalized spacial score (nSPS) is 10.9. The first-order chi connectivity index (χ1) is 8.65. The molecule has 1 N–H and O–H groups in total. The van der Waals surface area contributed by atoms with E-state index in [1.165, 1.54) is 11.8 Å². The van der Waals surface area contributed by atoms with Crippen LogP contribution < -0.4 is 5.32 Å². The van der Waals surface area contributed by atoms with Gasteiger partial charge in [-0.3, -0.25) is 4.79 Å². The highest BCUT2D eigenvalue weighted by Crippen LogP contribution is 2.16. The number of hydrogen-bond donors (Lipinski definition) is 1. The van der Waals surface area contributed by atoms with Crippen molar-refractivity contribution in [1.82, 2.24) is 25.5 Å². The molecule has 1 rings (SSSR count). The number of carbonyl (C=O) groups excluding carboxylic acids is 1. The molecular formula is C10H19N5O2S. The zero-order valence-corrected chi connectivity index (χ0v) is 11.7. The number of aromatic nitrogens is 4. The quantitative estimate of drug-likeness (QED) is 0.548. The van der Waals surface area contributed by atoms with Crippen molar-refractivity contribution < 1.29 is 9.53 Å². The second kappa shape index (κ2) is 8.04. The van der Waals surface area contributed by atoms with Gasteiger partial charge in [-0.15, -0.1) is 5.10 Å². The maximum atomic E-state index is 11.5. The molecule has 0 saturated carbocycles. The van der Waals surface area contributed by atoms with Gasteiger partial charge < -0.3 is 10.1 Å². The van der Waals surface area contributed by atoms with Gasteiger partial charge in [0.1, 0.15) is 0 Å². The van der Waals surface area contributed by atoms with Crippen molar-refractivity contribution in [2.75, 3.05) is 26.0 Å². The highest BCUT2D eigenvalue weighted by atomic mass is 32.2. The molecule has 1 aromatic heterocycles. The van der Waals surface area contributed by atoms with Gasteiger partial charge in [-0.1, -0.05) is 11.8 Å². The first-order valence-electron chi connectivity index (χ1n) is 5.81. The lowest BCUT2D eigenvalue weighted by Crippen LogP contribution is -2.27. The molecule has 0 aliphatic heterocycles. The highest BCUT2D eigenvalue weighted by Gasteiger charge is 2.11. The molecule has 1 aromatic rings. The number of ether oxygens (including phenoxy) is 1. The Labute approximate surface area is 111 Å². The number of thioether (sulfide) groups is 1. The minimum atomic E-state index is -0.0191. The average molecular weight is 273 g/mol. The van der Waals surface area contributed by atoms with Gasteiger partial charge in [0.25, 0.3) is 0 Å². The SMILES string of the molecule is COCCCNC(=O)CSc1nnnn1C(C)C. The smallest absolute Gasteiger partial charge is 0.230 e. The summed E-state index contributed by atoms with van der Waals surface area (Å²) in [6.07, 6.45) is 0.816. The molecule has 0 radical (unpaired) electrons. The largest absolute Gasteiger partial charge is 0.385 e. The molecule has 0 aliphatic rings. The molecule has 0 unspecified atom stereocenters. The van der Waals surface area contributed by atoms with E-state index in [1.807, 2.05) is 13.8 Å². The van der Waals surface area contributed by atoms with Crippen molar-refractivity contribution >= 4 is 17.7 Å². The van der Waals surface area contributed by atoms with Crippen molar-refractivity contribution in [3.63, 3.8) is 0 Å². The lowest BCUT2D eigenvalue weighted by Gasteiger charge is -2.07. The summed E-state index contributed by atoms with van der Waals surface area (Å²) in [5.74, 6) is 0.300. The van der Waals surface area contributed by atoms with Crippen molar-refractivity contribution in [3.8, 4) is 0 Å². The zero-order chi connectivity index (χ0) is 13.4. The third-order valence-corrected chi connectivity index (χ3v) is 3.06. The number of methoxy groups -OCH3 is 1. The van der Waals surface area contributed by atoms with Gasteiger partial charge in [0.2, 0.25) is 11.1 Å². The van der Waals surface area contributed by atoms with Crippen LogP contribution in [0.3, 0.4) is 0 Å². The molecule has 0 fully saturated rings. The Bertz CT molecular complexity index is 369. The predicted molar refractivity (Wildman–Crippen MR) is 68.4 cm³/mol. The molecule has 1 heterocycles. The fourth-order valence-corrected chi connectivity index (χ4v) is 2.07. The van der Waals surface area contributed by atoms with Crippen LogP contribution in [-0.2, 0) is 9.53 Å². The molecule has 8 heteroatoms. The van der Waals surface area contributed by atoms with E-state index in [9.17, 15) is 4.79 Å². The van der Waals surface area contributed by atoms with E-state index in [0.717, 1.165) is 6.42 Å². The van der Waals surface area contributed by atoms with Crippen LogP contribution in [0.2, 0.25) is 0 Å². The van der Waals surface area contributed by atoms with E-state index < -0.39 is 0 Å². The predicted octanol–water partition coefficient (Wildman–Crippen LogP) is 0.499. The Morgan fingerprint density at radius 2 is 2.33 bits per heavy atom. The lowest BCUT2D eigenvalue weighted by atomic mass is 10.4. The molecular weight excluding hydrogens is 254 g/mol. The Balaban J connectivity index is 2.27. The van der Waals surface area contributed by atoms with Crippen molar-refractivity contribution in [1.29, 1.82) is 0 Å². The Morgan fingerprint density at radius 3 is 3.00 bits per heavy atom. The van der Waals surface area contributed by atoms with Crippen LogP contribution in [0.25, 0.3) is 0 Å². The average Bonchev–Trinajstić information content (AvgIpc) is 2.80. The minimum absolute atomic E-state index is 0.0191. The molecule has 0 spiro atoms. The number of nitrogens with one attached hydrogen (secondary N) is 1. The van der Waals surface area contributed by atoms with Gasteiger partial charge in [-0.2, -0.15) is 0 Å². The molecule has 0 bridgehead atoms. The first kappa shape index (κ1) is 14.9. The molecule has 0 aliphatic carbocycles. The lowest BCUT2D eigenvalue weighted by molar-refractivity contribution is -0.118. The number of tetrazole rings is 1. The standard InChI is InChI=1S/C10H19N5O2S/c1-8(2)15-10(12-13-14-15)18-7-9(16)11-5-4-6-17-3/h8H,4-7H2,1-3H3,(H,11,16). The van der Waals surface area contributed by atoms with Gasteiger partial charge in [0.15, 0.2) is 0 Å². The van der Waals surface area contributed by atoms with Crippen LogP contribution in [0.5, 0.6) is 0 Å². The van der Waals surface area contributed by atoms with E-state index in [4.69, 9.17) is 4.74 Å². The highest BCUT2D eigenvalue weighted by molar-refractivity contribution is 7.99. The molecule has 18 heavy (non-hydrogen) atoms. The van der Waals surface area contributed by atoms with Gasteiger partial charge in [-0.05, 0) is 30.7 Å². The van der Waals surface area contributed by atoms with Crippen LogP contribution in [0.1, 0.15) is 26.3 Å². The topological polar surface area (TPSA) is 81.9 Å². The number of amides is 1.